The molecule has 0 saturated heterocycles. The zero-order chi connectivity index (χ0) is 12.2. The lowest BCUT2D eigenvalue weighted by molar-refractivity contribution is -0.0146. The standard InChI is InChI=1S/C13H22N2O/c1-11(2)13(3,16)10-15(4)9-12-6-5-7-14-8-12/h5-8,11,16H,9-10H2,1-4H3. The maximum Gasteiger partial charge on any atom is 0.0768 e. The van der Waals surface area contributed by atoms with E-state index in [1.807, 2.05) is 46.1 Å². The first-order chi connectivity index (χ1) is 7.42. The summed E-state index contributed by atoms with van der Waals surface area (Å²) in [4.78, 5) is 6.20. The van der Waals surface area contributed by atoms with E-state index in [1.165, 1.54) is 5.56 Å². The summed E-state index contributed by atoms with van der Waals surface area (Å²) in [5, 5.41) is 10.2. The van der Waals surface area contributed by atoms with Crippen LogP contribution in [0, 0.1) is 5.92 Å². The SMILES string of the molecule is CC(C)C(C)(O)CN(C)Cc1cccnc1. The van der Waals surface area contributed by atoms with Gasteiger partial charge in [-0.3, -0.25) is 9.88 Å². The lowest BCUT2D eigenvalue weighted by Gasteiger charge is -2.32. The number of rotatable bonds is 5. The van der Waals surface area contributed by atoms with Crippen molar-refractivity contribution < 1.29 is 5.11 Å². The van der Waals surface area contributed by atoms with Crippen LogP contribution >= 0.6 is 0 Å². The lowest BCUT2D eigenvalue weighted by atomic mass is 9.92. The topological polar surface area (TPSA) is 36.4 Å². The molecule has 0 bridgehead atoms. The zero-order valence-corrected chi connectivity index (χ0v) is 10.6. The van der Waals surface area contributed by atoms with E-state index in [4.69, 9.17) is 0 Å². The Balaban J connectivity index is 2.51. The molecule has 0 amide bonds. The molecule has 1 unspecified atom stereocenters. The summed E-state index contributed by atoms with van der Waals surface area (Å²) in [6.45, 7) is 7.45. The molecule has 0 aliphatic rings. The average Bonchev–Trinajstić information content (AvgIpc) is 2.17. The van der Waals surface area contributed by atoms with Crippen LogP contribution in [-0.2, 0) is 6.54 Å². The molecule has 0 saturated carbocycles. The fourth-order valence-electron chi connectivity index (χ4n) is 1.59. The smallest absolute Gasteiger partial charge is 0.0768 e. The Kier molecular flexibility index (Phi) is 4.44. The molecule has 1 aromatic heterocycles. The van der Waals surface area contributed by atoms with Gasteiger partial charge in [0.2, 0.25) is 0 Å². The van der Waals surface area contributed by atoms with E-state index in [1.54, 1.807) is 6.20 Å². The zero-order valence-electron chi connectivity index (χ0n) is 10.6. The second-order valence-corrected chi connectivity index (χ2v) is 5.05. The number of pyridine rings is 1. The predicted octanol–water partition coefficient (Wildman–Crippen LogP) is 1.92. The maximum atomic E-state index is 10.2. The van der Waals surface area contributed by atoms with Gasteiger partial charge in [0.1, 0.15) is 0 Å². The summed E-state index contributed by atoms with van der Waals surface area (Å²) in [6.07, 6.45) is 3.63. The van der Waals surface area contributed by atoms with Crippen LogP contribution in [0.15, 0.2) is 24.5 Å². The van der Waals surface area contributed by atoms with Gasteiger partial charge in [0.25, 0.3) is 0 Å². The van der Waals surface area contributed by atoms with Gasteiger partial charge in [0.15, 0.2) is 0 Å². The second kappa shape index (κ2) is 5.41. The van der Waals surface area contributed by atoms with Gasteiger partial charge in [-0.25, -0.2) is 0 Å². The van der Waals surface area contributed by atoms with Gasteiger partial charge >= 0.3 is 0 Å². The first-order valence-electron chi connectivity index (χ1n) is 5.71. The predicted molar refractivity (Wildman–Crippen MR) is 66.0 cm³/mol. The number of aromatic nitrogens is 1. The number of aliphatic hydroxyl groups is 1. The number of nitrogens with zero attached hydrogens (tertiary/aromatic N) is 2. The Morgan fingerprint density at radius 2 is 2.19 bits per heavy atom. The molecule has 3 nitrogen and oxygen atoms in total. The van der Waals surface area contributed by atoms with E-state index in [9.17, 15) is 5.11 Å². The fraction of sp³-hybridized carbons (Fsp3) is 0.615. The highest BCUT2D eigenvalue weighted by atomic mass is 16.3. The molecule has 0 radical (unpaired) electrons. The molecule has 0 spiro atoms. The van der Waals surface area contributed by atoms with Gasteiger partial charge < -0.3 is 5.11 Å². The van der Waals surface area contributed by atoms with Crippen molar-refractivity contribution in [1.82, 2.24) is 9.88 Å². The quantitative estimate of drug-likeness (QED) is 0.827. The highest BCUT2D eigenvalue weighted by molar-refractivity contribution is 5.08. The number of hydrogen-bond donors (Lipinski definition) is 1. The van der Waals surface area contributed by atoms with Gasteiger partial charge in [-0.15, -0.1) is 0 Å². The van der Waals surface area contributed by atoms with Gasteiger partial charge in [0, 0.05) is 25.5 Å². The Bertz CT molecular complexity index is 309. The Morgan fingerprint density at radius 3 is 2.69 bits per heavy atom. The lowest BCUT2D eigenvalue weighted by Crippen LogP contribution is -2.42. The van der Waals surface area contributed by atoms with Crippen LogP contribution in [0.1, 0.15) is 26.3 Å². The maximum absolute atomic E-state index is 10.2. The van der Waals surface area contributed by atoms with Crippen LogP contribution in [0.5, 0.6) is 0 Å². The summed E-state index contributed by atoms with van der Waals surface area (Å²) in [5.41, 5.74) is 0.529. The van der Waals surface area contributed by atoms with Crippen molar-refractivity contribution >= 4 is 0 Å². The summed E-state index contributed by atoms with van der Waals surface area (Å²) in [7, 11) is 2.02. The molecular formula is C13H22N2O. The minimum atomic E-state index is -0.642. The monoisotopic (exact) mass is 222 g/mol. The van der Waals surface area contributed by atoms with E-state index in [0.717, 1.165) is 6.54 Å². The molecule has 1 heterocycles. The Morgan fingerprint density at radius 1 is 1.50 bits per heavy atom. The van der Waals surface area contributed by atoms with Gasteiger partial charge in [-0.1, -0.05) is 19.9 Å². The van der Waals surface area contributed by atoms with Gasteiger partial charge in [-0.2, -0.15) is 0 Å². The van der Waals surface area contributed by atoms with E-state index >= 15 is 0 Å². The highest BCUT2D eigenvalue weighted by Crippen LogP contribution is 2.17. The summed E-state index contributed by atoms with van der Waals surface area (Å²) in [6, 6.07) is 3.98. The van der Waals surface area contributed by atoms with Crippen molar-refractivity contribution in [3.63, 3.8) is 0 Å². The number of hydrogen-bond acceptors (Lipinski definition) is 3. The van der Waals surface area contributed by atoms with E-state index in [2.05, 4.69) is 9.88 Å². The molecule has 0 aliphatic carbocycles. The minimum absolute atomic E-state index is 0.254. The third-order valence-electron chi connectivity index (χ3n) is 3.01. The van der Waals surface area contributed by atoms with Gasteiger partial charge in [0.05, 0.1) is 5.60 Å². The molecule has 1 rings (SSSR count). The minimum Gasteiger partial charge on any atom is -0.389 e. The van der Waals surface area contributed by atoms with Crippen molar-refractivity contribution in [3.05, 3.63) is 30.1 Å². The third kappa shape index (κ3) is 3.91. The van der Waals surface area contributed by atoms with Crippen LogP contribution in [-0.4, -0.2) is 34.2 Å². The molecule has 3 heteroatoms. The third-order valence-corrected chi connectivity index (χ3v) is 3.01. The summed E-state index contributed by atoms with van der Waals surface area (Å²) < 4.78 is 0. The van der Waals surface area contributed by atoms with Gasteiger partial charge in [-0.05, 0) is 31.5 Å². The van der Waals surface area contributed by atoms with Crippen LogP contribution in [0.25, 0.3) is 0 Å². The fourth-order valence-corrected chi connectivity index (χ4v) is 1.59. The first-order valence-corrected chi connectivity index (χ1v) is 5.71. The Labute approximate surface area is 98.1 Å². The van der Waals surface area contributed by atoms with Crippen molar-refractivity contribution in [2.24, 2.45) is 5.92 Å². The normalized spacial score (nSPS) is 15.4. The van der Waals surface area contributed by atoms with Crippen molar-refractivity contribution in [1.29, 1.82) is 0 Å². The van der Waals surface area contributed by atoms with Crippen LogP contribution in [0.2, 0.25) is 0 Å². The molecule has 1 aromatic rings. The van der Waals surface area contributed by atoms with Crippen molar-refractivity contribution in [3.8, 4) is 0 Å². The van der Waals surface area contributed by atoms with Crippen molar-refractivity contribution in [2.75, 3.05) is 13.6 Å². The first kappa shape index (κ1) is 13.1. The average molecular weight is 222 g/mol. The van der Waals surface area contributed by atoms with E-state index in [0.29, 0.717) is 6.54 Å². The Hall–Kier alpha value is -0.930. The number of likely N-dealkylation sites (N-methyl/N-ethyl adjacent to an activating group) is 1. The van der Waals surface area contributed by atoms with E-state index < -0.39 is 5.60 Å². The molecule has 0 aromatic carbocycles. The van der Waals surface area contributed by atoms with Crippen LogP contribution in [0.4, 0.5) is 0 Å². The molecule has 90 valence electrons. The summed E-state index contributed by atoms with van der Waals surface area (Å²) >= 11 is 0. The molecular weight excluding hydrogens is 200 g/mol. The second-order valence-electron chi connectivity index (χ2n) is 5.05. The highest BCUT2D eigenvalue weighted by Gasteiger charge is 2.26. The molecule has 1 N–H and O–H groups in total. The molecule has 0 aliphatic heterocycles. The summed E-state index contributed by atoms with van der Waals surface area (Å²) in [5.74, 6) is 0.254. The molecule has 1 atom stereocenters. The molecule has 16 heavy (non-hydrogen) atoms. The van der Waals surface area contributed by atoms with E-state index in [-0.39, 0.29) is 5.92 Å². The van der Waals surface area contributed by atoms with Crippen molar-refractivity contribution in [2.45, 2.75) is 32.9 Å². The van der Waals surface area contributed by atoms with Crippen LogP contribution < -0.4 is 0 Å². The molecule has 0 fully saturated rings. The largest absolute Gasteiger partial charge is 0.389 e. The van der Waals surface area contributed by atoms with Crippen LogP contribution in [0.3, 0.4) is 0 Å².